The van der Waals surface area contributed by atoms with Crippen molar-refractivity contribution in [3.05, 3.63) is 0 Å². The van der Waals surface area contributed by atoms with E-state index in [-0.39, 0.29) is 17.9 Å². The van der Waals surface area contributed by atoms with Crippen LogP contribution in [-0.4, -0.2) is 50.2 Å². The van der Waals surface area contributed by atoms with E-state index >= 15 is 0 Å². The summed E-state index contributed by atoms with van der Waals surface area (Å²) in [6.07, 6.45) is 1.01. The molecule has 4 nitrogen and oxygen atoms in total. The van der Waals surface area contributed by atoms with Crippen molar-refractivity contribution in [1.82, 2.24) is 10.2 Å². The highest BCUT2D eigenvalue weighted by molar-refractivity contribution is 5.73. The average molecular weight is 214 g/mol. The van der Waals surface area contributed by atoms with Gasteiger partial charge >= 0.3 is 5.97 Å². The molecule has 1 aliphatic rings. The van der Waals surface area contributed by atoms with Crippen LogP contribution in [0.4, 0.5) is 0 Å². The second-order valence-electron chi connectivity index (χ2n) is 4.61. The number of hydrogen-bond donors (Lipinski definition) is 1. The number of rotatable bonds is 3. The first-order valence-electron chi connectivity index (χ1n) is 5.57. The van der Waals surface area contributed by atoms with Crippen molar-refractivity contribution in [3.63, 3.8) is 0 Å². The lowest BCUT2D eigenvalue weighted by Crippen LogP contribution is -2.53. The third-order valence-corrected chi connectivity index (χ3v) is 2.87. The fraction of sp³-hybridized carbons (Fsp3) is 0.909. The van der Waals surface area contributed by atoms with Gasteiger partial charge in [-0.1, -0.05) is 13.8 Å². The van der Waals surface area contributed by atoms with Gasteiger partial charge in [-0.15, -0.1) is 0 Å². The highest BCUT2D eigenvalue weighted by Gasteiger charge is 2.33. The van der Waals surface area contributed by atoms with Crippen molar-refractivity contribution >= 4 is 5.97 Å². The van der Waals surface area contributed by atoms with E-state index in [4.69, 9.17) is 4.74 Å². The van der Waals surface area contributed by atoms with E-state index in [1.165, 1.54) is 7.11 Å². The normalized spacial score (nSPS) is 28.1. The zero-order chi connectivity index (χ0) is 11.4. The molecule has 1 heterocycles. The minimum absolute atomic E-state index is 0.0313. The van der Waals surface area contributed by atoms with Gasteiger partial charge in [-0.05, 0) is 20.0 Å². The molecule has 0 aromatic heterocycles. The van der Waals surface area contributed by atoms with Crippen LogP contribution in [0.5, 0.6) is 0 Å². The summed E-state index contributed by atoms with van der Waals surface area (Å²) in [6.45, 7) is 6.04. The van der Waals surface area contributed by atoms with Crippen molar-refractivity contribution in [2.24, 2.45) is 5.92 Å². The largest absolute Gasteiger partial charge is 0.469 e. The van der Waals surface area contributed by atoms with E-state index < -0.39 is 0 Å². The van der Waals surface area contributed by atoms with Crippen LogP contribution in [0.3, 0.4) is 0 Å². The van der Waals surface area contributed by atoms with E-state index in [1.807, 2.05) is 7.05 Å². The van der Waals surface area contributed by atoms with Crippen molar-refractivity contribution in [2.45, 2.75) is 32.4 Å². The first kappa shape index (κ1) is 12.5. The van der Waals surface area contributed by atoms with Gasteiger partial charge in [-0.25, -0.2) is 0 Å². The Kier molecular flexibility index (Phi) is 4.54. The van der Waals surface area contributed by atoms with Crippen LogP contribution in [0.2, 0.25) is 0 Å². The van der Waals surface area contributed by atoms with E-state index in [9.17, 15) is 4.79 Å². The lowest BCUT2D eigenvalue weighted by molar-refractivity contribution is -0.148. The molecule has 0 aromatic carbocycles. The topological polar surface area (TPSA) is 41.6 Å². The van der Waals surface area contributed by atoms with Crippen LogP contribution in [0.25, 0.3) is 0 Å². The van der Waals surface area contributed by atoms with Gasteiger partial charge < -0.3 is 15.0 Å². The molecule has 1 fully saturated rings. The molecule has 0 spiro atoms. The summed E-state index contributed by atoms with van der Waals surface area (Å²) in [5.74, 6) is -0.129. The number of methoxy groups -OCH3 is 1. The summed E-state index contributed by atoms with van der Waals surface area (Å²) in [5.41, 5.74) is 0. The zero-order valence-corrected chi connectivity index (χ0v) is 10.1. The Balaban J connectivity index is 2.61. The predicted octanol–water partition coefficient (Wildman–Crippen LogP) is 0.478. The molecule has 0 amide bonds. The standard InChI is InChI=1S/C11H22N2O2/c1-8(2)12-10-5-6-13(3)7-9(10)11(14)15-4/h8-10,12H,5-7H2,1-4H3. The predicted molar refractivity (Wildman–Crippen MR) is 59.7 cm³/mol. The molecular weight excluding hydrogens is 192 g/mol. The number of carbonyl (C=O) groups excluding carboxylic acids is 1. The molecule has 88 valence electrons. The van der Waals surface area contributed by atoms with Gasteiger partial charge in [0.25, 0.3) is 0 Å². The smallest absolute Gasteiger partial charge is 0.311 e. The number of carbonyl (C=O) groups is 1. The maximum absolute atomic E-state index is 11.6. The van der Waals surface area contributed by atoms with Crippen LogP contribution in [-0.2, 0) is 9.53 Å². The highest BCUT2D eigenvalue weighted by Crippen LogP contribution is 2.18. The Bertz CT molecular complexity index is 219. The minimum atomic E-state index is -0.0975. The molecule has 15 heavy (non-hydrogen) atoms. The molecule has 1 rings (SSSR count). The number of esters is 1. The summed E-state index contributed by atoms with van der Waals surface area (Å²) in [4.78, 5) is 13.8. The van der Waals surface area contributed by atoms with Gasteiger partial charge in [0.05, 0.1) is 13.0 Å². The van der Waals surface area contributed by atoms with Crippen molar-refractivity contribution < 1.29 is 9.53 Å². The first-order chi connectivity index (χ1) is 7.04. The van der Waals surface area contributed by atoms with E-state index in [0.717, 1.165) is 19.5 Å². The second kappa shape index (κ2) is 5.47. The van der Waals surface area contributed by atoms with Crippen LogP contribution in [0.1, 0.15) is 20.3 Å². The fourth-order valence-electron chi connectivity index (χ4n) is 2.13. The molecule has 1 saturated heterocycles. The van der Waals surface area contributed by atoms with Gasteiger partial charge in [0.1, 0.15) is 0 Å². The molecule has 1 N–H and O–H groups in total. The molecule has 4 heteroatoms. The molecular formula is C11H22N2O2. The highest BCUT2D eigenvalue weighted by atomic mass is 16.5. The van der Waals surface area contributed by atoms with Gasteiger partial charge in [0, 0.05) is 18.6 Å². The van der Waals surface area contributed by atoms with Crippen LogP contribution in [0, 0.1) is 5.92 Å². The molecule has 2 unspecified atom stereocenters. The lowest BCUT2D eigenvalue weighted by Gasteiger charge is -2.36. The lowest BCUT2D eigenvalue weighted by atomic mass is 9.92. The average Bonchev–Trinajstić information content (AvgIpc) is 2.19. The summed E-state index contributed by atoms with van der Waals surface area (Å²) in [5, 5.41) is 3.44. The Morgan fingerprint density at radius 3 is 2.73 bits per heavy atom. The number of hydrogen-bond acceptors (Lipinski definition) is 4. The maximum atomic E-state index is 11.6. The van der Waals surface area contributed by atoms with Crippen molar-refractivity contribution in [1.29, 1.82) is 0 Å². The summed E-state index contributed by atoms with van der Waals surface area (Å²) in [6, 6.07) is 0.666. The molecule has 0 aromatic rings. The minimum Gasteiger partial charge on any atom is -0.469 e. The number of nitrogens with one attached hydrogen (secondary N) is 1. The van der Waals surface area contributed by atoms with Crippen molar-refractivity contribution in [3.8, 4) is 0 Å². The van der Waals surface area contributed by atoms with Gasteiger partial charge in [0.15, 0.2) is 0 Å². The number of ether oxygens (including phenoxy) is 1. The summed E-state index contributed by atoms with van der Waals surface area (Å²) in [7, 11) is 3.50. The molecule has 0 bridgehead atoms. The zero-order valence-electron chi connectivity index (χ0n) is 10.1. The maximum Gasteiger partial charge on any atom is 0.311 e. The number of piperidine rings is 1. The monoisotopic (exact) mass is 214 g/mol. The molecule has 0 radical (unpaired) electrons. The molecule has 2 atom stereocenters. The van der Waals surface area contributed by atoms with Crippen molar-refractivity contribution in [2.75, 3.05) is 27.2 Å². The third kappa shape index (κ3) is 3.47. The Labute approximate surface area is 92.0 Å². The first-order valence-corrected chi connectivity index (χ1v) is 5.57. The van der Waals surface area contributed by atoms with Crippen LogP contribution >= 0.6 is 0 Å². The molecule has 1 aliphatic heterocycles. The second-order valence-corrected chi connectivity index (χ2v) is 4.61. The number of nitrogens with zero attached hydrogens (tertiary/aromatic N) is 1. The Hall–Kier alpha value is -0.610. The van der Waals surface area contributed by atoms with Crippen LogP contribution in [0.15, 0.2) is 0 Å². The summed E-state index contributed by atoms with van der Waals surface area (Å²) < 4.78 is 4.84. The summed E-state index contributed by atoms with van der Waals surface area (Å²) >= 11 is 0. The van der Waals surface area contributed by atoms with Gasteiger partial charge in [0.2, 0.25) is 0 Å². The molecule has 0 saturated carbocycles. The Morgan fingerprint density at radius 1 is 1.53 bits per heavy atom. The third-order valence-electron chi connectivity index (χ3n) is 2.87. The fourth-order valence-corrected chi connectivity index (χ4v) is 2.13. The SMILES string of the molecule is COC(=O)C1CN(C)CCC1NC(C)C. The van der Waals surface area contributed by atoms with E-state index in [1.54, 1.807) is 0 Å². The van der Waals surface area contributed by atoms with E-state index in [2.05, 4.69) is 24.1 Å². The Morgan fingerprint density at radius 2 is 2.20 bits per heavy atom. The van der Waals surface area contributed by atoms with E-state index in [0.29, 0.717) is 6.04 Å². The molecule has 0 aliphatic carbocycles. The van der Waals surface area contributed by atoms with Crippen LogP contribution < -0.4 is 5.32 Å². The van der Waals surface area contributed by atoms with Gasteiger partial charge in [-0.3, -0.25) is 4.79 Å². The quantitative estimate of drug-likeness (QED) is 0.694. The number of likely N-dealkylation sites (tertiary alicyclic amines) is 1. The van der Waals surface area contributed by atoms with Gasteiger partial charge in [-0.2, -0.15) is 0 Å².